The van der Waals surface area contributed by atoms with Crippen LogP contribution in [0.2, 0.25) is 0 Å². The molecule has 0 saturated heterocycles. The molecule has 1 aliphatic heterocycles. The number of hydrogen-bond donors (Lipinski definition) is 1. The van der Waals surface area contributed by atoms with Gasteiger partial charge >= 0.3 is 5.69 Å². The summed E-state index contributed by atoms with van der Waals surface area (Å²) in [5.74, 6) is -0.373. The molecule has 2 heterocycles. The summed E-state index contributed by atoms with van der Waals surface area (Å²) in [6.07, 6.45) is 1.73. The van der Waals surface area contributed by atoms with Crippen LogP contribution >= 0.6 is 0 Å². The summed E-state index contributed by atoms with van der Waals surface area (Å²) in [6, 6.07) is 4.37. The number of hydrogen-bond acceptors (Lipinski definition) is 6. The number of nitro groups is 1. The zero-order valence-electron chi connectivity index (χ0n) is 10.3. The highest BCUT2D eigenvalue weighted by Crippen LogP contribution is 2.38. The van der Waals surface area contributed by atoms with E-state index in [2.05, 4.69) is 9.97 Å². The molecule has 1 aromatic carbocycles. The van der Waals surface area contributed by atoms with Crippen molar-refractivity contribution < 1.29 is 9.31 Å². The van der Waals surface area contributed by atoms with E-state index in [4.69, 9.17) is 5.73 Å². The van der Waals surface area contributed by atoms with Crippen LogP contribution < -0.4 is 10.6 Å². The van der Waals surface area contributed by atoms with Crippen LogP contribution in [0.15, 0.2) is 24.4 Å². The van der Waals surface area contributed by atoms with E-state index in [1.165, 1.54) is 12.1 Å². The second-order valence-electron chi connectivity index (χ2n) is 4.37. The predicted molar refractivity (Wildman–Crippen MR) is 70.2 cm³/mol. The summed E-state index contributed by atoms with van der Waals surface area (Å²) in [5, 5.41) is 11.1. The maximum Gasteiger partial charge on any atom is 0.330 e. The highest BCUT2D eigenvalue weighted by atomic mass is 19.1. The van der Waals surface area contributed by atoms with Crippen LogP contribution in [-0.4, -0.2) is 21.4 Å². The summed E-state index contributed by atoms with van der Waals surface area (Å²) in [7, 11) is 0. The van der Waals surface area contributed by atoms with Gasteiger partial charge in [-0.2, -0.15) is 4.98 Å². The van der Waals surface area contributed by atoms with E-state index < -0.39 is 10.7 Å². The number of benzene rings is 1. The first-order valence-electron chi connectivity index (χ1n) is 5.89. The molecule has 8 heteroatoms. The second-order valence-corrected chi connectivity index (χ2v) is 4.37. The molecule has 2 aromatic rings. The molecule has 0 bridgehead atoms. The lowest BCUT2D eigenvalue weighted by Crippen LogP contribution is -2.17. The van der Waals surface area contributed by atoms with Crippen molar-refractivity contribution in [3.63, 3.8) is 0 Å². The fourth-order valence-corrected chi connectivity index (χ4v) is 2.28. The standard InChI is InChI=1S/C12H10FN5O2/c13-8-2-1-7-3-4-17(9(7)5-8)11-10(18(19)20)6-15-12(14)16-11/h1-2,5-6H,3-4H2,(H2,14,15,16). The molecule has 20 heavy (non-hydrogen) atoms. The van der Waals surface area contributed by atoms with Crippen LogP contribution in [0.25, 0.3) is 0 Å². The number of nitrogens with two attached hydrogens (primary N) is 1. The number of nitrogen functional groups attached to an aromatic ring is 1. The minimum Gasteiger partial charge on any atom is -0.368 e. The zero-order chi connectivity index (χ0) is 14.3. The predicted octanol–water partition coefficient (Wildman–Crippen LogP) is 1.80. The van der Waals surface area contributed by atoms with E-state index in [0.29, 0.717) is 18.7 Å². The van der Waals surface area contributed by atoms with Crippen molar-refractivity contribution in [1.82, 2.24) is 9.97 Å². The highest BCUT2D eigenvalue weighted by Gasteiger charge is 2.29. The van der Waals surface area contributed by atoms with Gasteiger partial charge in [-0.05, 0) is 24.1 Å². The molecule has 2 N–H and O–H groups in total. The highest BCUT2D eigenvalue weighted by molar-refractivity contribution is 5.73. The van der Waals surface area contributed by atoms with E-state index in [0.717, 1.165) is 11.8 Å². The van der Waals surface area contributed by atoms with Crippen molar-refractivity contribution >= 4 is 23.1 Å². The minimum absolute atomic E-state index is 0.0598. The Morgan fingerprint density at radius 1 is 1.45 bits per heavy atom. The van der Waals surface area contributed by atoms with Gasteiger partial charge < -0.3 is 10.6 Å². The molecular weight excluding hydrogens is 265 g/mol. The Hall–Kier alpha value is -2.77. The van der Waals surface area contributed by atoms with Crippen molar-refractivity contribution in [2.24, 2.45) is 0 Å². The first kappa shape index (κ1) is 12.3. The number of halogens is 1. The fourth-order valence-electron chi connectivity index (χ4n) is 2.28. The summed E-state index contributed by atoms with van der Waals surface area (Å²) in [6.45, 7) is 0.482. The van der Waals surface area contributed by atoms with Crippen molar-refractivity contribution in [1.29, 1.82) is 0 Å². The normalized spacial score (nSPS) is 13.3. The smallest absolute Gasteiger partial charge is 0.330 e. The molecule has 0 amide bonds. The average molecular weight is 275 g/mol. The van der Waals surface area contributed by atoms with E-state index >= 15 is 0 Å². The molecule has 0 aliphatic carbocycles. The van der Waals surface area contributed by atoms with Crippen molar-refractivity contribution in [3.8, 4) is 0 Å². The van der Waals surface area contributed by atoms with Gasteiger partial charge in [-0.3, -0.25) is 10.1 Å². The molecule has 0 saturated carbocycles. The van der Waals surface area contributed by atoms with E-state index in [1.807, 2.05) is 0 Å². The second kappa shape index (κ2) is 4.41. The Morgan fingerprint density at radius 3 is 3.00 bits per heavy atom. The first-order chi connectivity index (χ1) is 9.56. The maximum atomic E-state index is 13.4. The third-order valence-electron chi connectivity index (χ3n) is 3.16. The molecule has 0 radical (unpaired) electrons. The molecule has 102 valence electrons. The van der Waals surface area contributed by atoms with Crippen molar-refractivity contribution in [2.75, 3.05) is 17.2 Å². The summed E-state index contributed by atoms with van der Waals surface area (Å²) in [5.41, 5.74) is 6.74. The lowest BCUT2D eigenvalue weighted by molar-refractivity contribution is -0.384. The quantitative estimate of drug-likeness (QED) is 0.662. The fraction of sp³-hybridized carbons (Fsp3) is 0.167. The van der Waals surface area contributed by atoms with Gasteiger partial charge in [0.2, 0.25) is 11.8 Å². The summed E-state index contributed by atoms with van der Waals surface area (Å²) < 4.78 is 13.4. The van der Waals surface area contributed by atoms with Crippen LogP contribution in [0.1, 0.15) is 5.56 Å². The SMILES string of the molecule is Nc1ncc([N+](=O)[O-])c(N2CCc3ccc(F)cc32)n1. The Kier molecular flexibility index (Phi) is 2.70. The number of rotatable bonds is 2. The molecule has 3 rings (SSSR count). The van der Waals surface area contributed by atoms with Gasteiger partial charge in [0.15, 0.2) is 0 Å². The third kappa shape index (κ3) is 1.91. The average Bonchev–Trinajstić information content (AvgIpc) is 2.81. The molecule has 0 spiro atoms. The number of anilines is 3. The van der Waals surface area contributed by atoms with Gasteiger partial charge in [0.1, 0.15) is 12.0 Å². The zero-order valence-corrected chi connectivity index (χ0v) is 10.3. The number of nitrogens with zero attached hydrogens (tertiary/aromatic N) is 4. The van der Waals surface area contributed by atoms with Gasteiger partial charge in [-0.15, -0.1) is 0 Å². The van der Waals surface area contributed by atoms with E-state index in [9.17, 15) is 14.5 Å². The van der Waals surface area contributed by atoms with Gasteiger partial charge in [0.05, 0.1) is 4.92 Å². The van der Waals surface area contributed by atoms with Gasteiger partial charge in [-0.1, -0.05) is 6.07 Å². The van der Waals surface area contributed by atoms with Crippen LogP contribution in [0.4, 0.5) is 27.5 Å². The Balaban J connectivity index is 2.14. The van der Waals surface area contributed by atoms with Crippen molar-refractivity contribution in [2.45, 2.75) is 6.42 Å². The molecule has 7 nitrogen and oxygen atoms in total. The summed E-state index contributed by atoms with van der Waals surface area (Å²) in [4.78, 5) is 19.6. The lowest BCUT2D eigenvalue weighted by atomic mass is 10.2. The Bertz CT molecular complexity index is 706. The lowest BCUT2D eigenvalue weighted by Gasteiger charge is -2.18. The first-order valence-corrected chi connectivity index (χ1v) is 5.89. The number of fused-ring (bicyclic) bond motifs is 1. The molecule has 0 atom stereocenters. The topological polar surface area (TPSA) is 98.2 Å². The van der Waals surface area contributed by atoms with Gasteiger partial charge in [0.25, 0.3) is 0 Å². The Morgan fingerprint density at radius 2 is 2.25 bits per heavy atom. The van der Waals surface area contributed by atoms with Crippen LogP contribution in [0, 0.1) is 15.9 Å². The van der Waals surface area contributed by atoms with Gasteiger partial charge in [-0.25, -0.2) is 9.37 Å². The van der Waals surface area contributed by atoms with Crippen LogP contribution in [0.3, 0.4) is 0 Å². The van der Waals surface area contributed by atoms with Crippen LogP contribution in [-0.2, 0) is 6.42 Å². The van der Waals surface area contributed by atoms with Gasteiger partial charge in [0, 0.05) is 12.2 Å². The largest absolute Gasteiger partial charge is 0.368 e. The molecule has 1 aromatic heterocycles. The number of aromatic nitrogens is 2. The molecule has 0 fully saturated rings. The Labute approximate surface area is 113 Å². The molecular formula is C12H10FN5O2. The monoisotopic (exact) mass is 275 g/mol. The molecule has 1 aliphatic rings. The summed E-state index contributed by atoms with van der Waals surface area (Å²) >= 11 is 0. The molecule has 0 unspecified atom stereocenters. The van der Waals surface area contributed by atoms with Crippen molar-refractivity contribution in [3.05, 3.63) is 45.9 Å². The van der Waals surface area contributed by atoms with E-state index in [-0.39, 0.29) is 17.5 Å². The minimum atomic E-state index is -0.577. The maximum absolute atomic E-state index is 13.4. The van der Waals surface area contributed by atoms with Crippen LogP contribution in [0.5, 0.6) is 0 Å². The van der Waals surface area contributed by atoms with E-state index in [1.54, 1.807) is 11.0 Å². The third-order valence-corrected chi connectivity index (χ3v) is 3.16.